The van der Waals surface area contributed by atoms with E-state index in [4.69, 9.17) is 5.73 Å². The Labute approximate surface area is 126 Å². The van der Waals surface area contributed by atoms with Crippen LogP contribution in [-0.4, -0.2) is 23.5 Å². The molecular formula is C16H26N2OS. The van der Waals surface area contributed by atoms with Gasteiger partial charge in [0.25, 0.3) is 0 Å². The number of nitrogens with two attached hydrogens (primary N) is 1. The molecular weight excluding hydrogens is 268 g/mol. The number of hydrogen-bond donors (Lipinski definition) is 2. The van der Waals surface area contributed by atoms with Gasteiger partial charge >= 0.3 is 0 Å². The van der Waals surface area contributed by atoms with Gasteiger partial charge in [-0.3, -0.25) is 4.79 Å². The molecule has 0 aliphatic heterocycles. The molecule has 3 nitrogen and oxygen atoms in total. The second kappa shape index (κ2) is 9.03. The number of amides is 1. The fraction of sp³-hybridized carbons (Fsp3) is 0.562. The molecule has 0 aliphatic carbocycles. The summed E-state index contributed by atoms with van der Waals surface area (Å²) < 4.78 is 0. The Kier molecular flexibility index (Phi) is 7.70. The quantitative estimate of drug-likeness (QED) is 0.724. The molecule has 1 rings (SSSR count). The van der Waals surface area contributed by atoms with Crippen LogP contribution in [0.3, 0.4) is 0 Å². The van der Waals surface area contributed by atoms with Gasteiger partial charge in [-0.05, 0) is 49.6 Å². The largest absolute Gasteiger partial charge is 0.330 e. The number of para-hydroxylation sites is 1. The van der Waals surface area contributed by atoms with Crippen molar-refractivity contribution in [1.82, 2.24) is 0 Å². The van der Waals surface area contributed by atoms with Gasteiger partial charge in [-0.2, -0.15) is 0 Å². The lowest BCUT2D eigenvalue weighted by atomic mass is 10.0. The van der Waals surface area contributed by atoms with E-state index in [0.717, 1.165) is 30.7 Å². The molecule has 1 aromatic rings. The molecule has 0 spiro atoms. The minimum atomic E-state index is -0.0452. The van der Waals surface area contributed by atoms with Crippen LogP contribution in [0.5, 0.6) is 0 Å². The standard InChI is InChI=1S/C16H26N2OS/c1-4-13-8-6-9-14(5-2)15(13)18-16(19)12(3)20-11-7-10-17/h6,8-9,12H,4-5,7,10-11,17H2,1-3H3,(H,18,19). The molecule has 0 fully saturated rings. The molecule has 0 aromatic heterocycles. The first-order valence-electron chi connectivity index (χ1n) is 7.37. The lowest BCUT2D eigenvalue weighted by Crippen LogP contribution is -2.24. The van der Waals surface area contributed by atoms with E-state index >= 15 is 0 Å². The number of nitrogens with one attached hydrogen (secondary N) is 1. The summed E-state index contributed by atoms with van der Waals surface area (Å²) in [6.07, 6.45) is 2.81. The van der Waals surface area contributed by atoms with Crippen molar-refractivity contribution in [1.29, 1.82) is 0 Å². The number of benzene rings is 1. The molecule has 0 aliphatic rings. The maximum absolute atomic E-state index is 12.3. The molecule has 1 atom stereocenters. The van der Waals surface area contributed by atoms with Gasteiger partial charge in [0.2, 0.25) is 5.91 Å². The Balaban J connectivity index is 2.74. The van der Waals surface area contributed by atoms with Gasteiger partial charge in [0.05, 0.1) is 5.25 Å². The Morgan fingerprint density at radius 1 is 1.30 bits per heavy atom. The van der Waals surface area contributed by atoms with E-state index in [2.05, 4.69) is 37.4 Å². The highest BCUT2D eigenvalue weighted by molar-refractivity contribution is 8.00. The van der Waals surface area contributed by atoms with Crippen LogP contribution in [0.4, 0.5) is 5.69 Å². The van der Waals surface area contributed by atoms with Gasteiger partial charge in [-0.15, -0.1) is 11.8 Å². The fourth-order valence-corrected chi connectivity index (χ4v) is 2.94. The molecule has 1 unspecified atom stereocenters. The first kappa shape index (κ1) is 17.1. The Bertz CT molecular complexity index is 412. The highest BCUT2D eigenvalue weighted by Gasteiger charge is 2.16. The predicted octanol–water partition coefficient (Wildman–Crippen LogP) is 3.22. The summed E-state index contributed by atoms with van der Waals surface area (Å²) in [5.74, 6) is 1.02. The van der Waals surface area contributed by atoms with Crippen LogP contribution < -0.4 is 11.1 Å². The topological polar surface area (TPSA) is 55.1 Å². The van der Waals surface area contributed by atoms with Crippen molar-refractivity contribution in [2.24, 2.45) is 5.73 Å². The zero-order valence-corrected chi connectivity index (χ0v) is 13.6. The Morgan fingerprint density at radius 2 is 1.90 bits per heavy atom. The highest BCUT2D eigenvalue weighted by atomic mass is 32.2. The summed E-state index contributed by atoms with van der Waals surface area (Å²) in [7, 11) is 0. The van der Waals surface area contributed by atoms with Crippen molar-refractivity contribution in [3.63, 3.8) is 0 Å². The number of carbonyl (C=O) groups excluding carboxylic acids is 1. The molecule has 1 amide bonds. The van der Waals surface area contributed by atoms with Crippen LogP contribution in [0, 0.1) is 0 Å². The van der Waals surface area contributed by atoms with Crippen LogP contribution in [-0.2, 0) is 17.6 Å². The molecule has 0 saturated carbocycles. The van der Waals surface area contributed by atoms with Crippen molar-refractivity contribution in [3.8, 4) is 0 Å². The van der Waals surface area contributed by atoms with Crippen molar-refractivity contribution in [2.45, 2.75) is 45.3 Å². The molecule has 20 heavy (non-hydrogen) atoms. The first-order chi connectivity index (χ1) is 9.63. The van der Waals surface area contributed by atoms with Gasteiger partial charge in [0.15, 0.2) is 0 Å². The molecule has 0 bridgehead atoms. The van der Waals surface area contributed by atoms with Gasteiger partial charge in [0, 0.05) is 5.69 Å². The molecule has 0 heterocycles. The molecule has 4 heteroatoms. The summed E-state index contributed by atoms with van der Waals surface area (Å²) in [5.41, 5.74) is 8.90. The van der Waals surface area contributed by atoms with E-state index in [1.54, 1.807) is 11.8 Å². The van der Waals surface area contributed by atoms with Crippen LogP contribution >= 0.6 is 11.8 Å². The van der Waals surface area contributed by atoms with Crippen molar-refractivity contribution in [2.75, 3.05) is 17.6 Å². The number of anilines is 1. The average Bonchev–Trinajstić information content (AvgIpc) is 2.47. The lowest BCUT2D eigenvalue weighted by molar-refractivity contribution is -0.115. The molecule has 0 radical (unpaired) electrons. The molecule has 112 valence electrons. The zero-order chi connectivity index (χ0) is 15.0. The maximum Gasteiger partial charge on any atom is 0.237 e. The summed E-state index contributed by atoms with van der Waals surface area (Å²) in [4.78, 5) is 12.3. The van der Waals surface area contributed by atoms with Crippen LogP contribution in [0.15, 0.2) is 18.2 Å². The summed E-state index contributed by atoms with van der Waals surface area (Å²) in [5, 5.41) is 3.07. The predicted molar refractivity (Wildman–Crippen MR) is 89.4 cm³/mol. The minimum absolute atomic E-state index is 0.0452. The van der Waals surface area contributed by atoms with E-state index in [1.165, 1.54) is 11.1 Å². The Hall–Kier alpha value is -1.000. The summed E-state index contributed by atoms with van der Waals surface area (Å²) in [6, 6.07) is 6.23. The number of aryl methyl sites for hydroxylation is 2. The smallest absolute Gasteiger partial charge is 0.237 e. The number of thioether (sulfide) groups is 1. The maximum atomic E-state index is 12.3. The summed E-state index contributed by atoms with van der Waals surface area (Å²) in [6.45, 7) is 6.87. The van der Waals surface area contributed by atoms with Gasteiger partial charge in [0.1, 0.15) is 0 Å². The van der Waals surface area contributed by atoms with Crippen molar-refractivity contribution < 1.29 is 4.79 Å². The number of rotatable bonds is 8. The Morgan fingerprint density at radius 3 is 2.40 bits per heavy atom. The van der Waals surface area contributed by atoms with Crippen LogP contribution in [0.2, 0.25) is 0 Å². The third-order valence-corrected chi connectivity index (χ3v) is 4.57. The normalized spacial score (nSPS) is 12.2. The lowest BCUT2D eigenvalue weighted by Gasteiger charge is -2.17. The molecule has 0 saturated heterocycles. The number of carbonyl (C=O) groups is 1. The first-order valence-corrected chi connectivity index (χ1v) is 8.42. The second-order valence-corrected chi connectivity index (χ2v) is 6.25. The van der Waals surface area contributed by atoms with E-state index < -0.39 is 0 Å². The summed E-state index contributed by atoms with van der Waals surface area (Å²) >= 11 is 1.66. The highest BCUT2D eigenvalue weighted by Crippen LogP contribution is 2.24. The third-order valence-electron chi connectivity index (χ3n) is 3.33. The van der Waals surface area contributed by atoms with Crippen LogP contribution in [0.25, 0.3) is 0 Å². The second-order valence-electron chi connectivity index (χ2n) is 4.80. The van der Waals surface area contributed by atoms with E-state index in [9.17, 15) is 4.79 Å². The third kappa shape index (κ3) is 4.84. The van der Waals surface area contributed by atoms with Gasteiger partial charge in [-0.25, -0.2) is 0 Å². The number of hydrogen-bond acceptors (Lipinski definition) is 3. The van der Waals surface area contributed by atoms with Crippen molar-refractivity contribution >= 4 is 23.4 Å². The van der Waals surface area contributed by atoms with Gasteiger partial charge in [-0.1, -0.05) is 32.0 Å². The zero-order valence-electron chi connectivity index (χ0n) is 12.7. The molecule has 1 aromatic carbocycles. The van der Waals surface area contributed by atoms with Crippen molar-refractivity contribution in [3.05, 3.63) is 29.3 Å². The monoisotopic (exact) mass is 294 g/mol. The van der Waals surface area contributed by atoms with E-state index in [1.807, 2.05) is 6.92 Å². The van der Waals surface area contributed by atoms with Gasteiger partial charge < -0.3 is 11.1 Å². The average molecular weight is 294 g/mol. The van der Waals surface area contributed by atoms with E-state index in [-0.39, 0.29) is 11.2 Å². The minimum Gasteiger partial charge on any atom is -0.330 e. The fourth-order valence-electron chi connectivity index (χ4n) is 2.05. The van der Waals surface area contributed by atoms with E-state index in [0.29, 0.717) is 6.54 Å². The SMILES string of the molecule is CCc1cccc(CC)c1NC(=O)C(C)SCCCN. The van der Waals surface area contributed by atoms with Crippen LogP contribution in [0.1, 0.15) is 38.3 Å². The molecule has 3 N–H and O–H groups in total.